The van der Waals surface area contributed by atoms with Gasteiger partial charge in [-0.25, -0.2) is 0 Å². The van der Waals surface area contributed by atoms with Crippen molar-refractivity contribution in [3.8, 4) is 0 Å². The van der Waals surface area contributed by atoms with E-state index in [0.717, 1.165) is 25.7 Å². The van der Waals surface area contributed by atoms with Crippen LogP contribution >= 0.6 is 0 Å². The fourth-order valence-corrected chi connectivity index (χ4v) is 1.38. The molecule has 0 aliphatic carbocycles. The molecule has 6 nitrogen and oxygen atoms in total. The summed E-state index contributed by atoms with van der Waals surface area (Å²) in [5, 5.41) is 0. The molecule has 3 N–H and O–H groups in total. The van der Waals surface area contributed by atoms with E-state index in [-0.39, 0.29) is 0 Å². The molecule has 0 aromatic heterocycles. The van der Waals surface area contributed by atoms with E-state index in [0.29, 0.717) is 0 Å². The van der Waals surface area contributed by atoms with Gasteiger partial charge in [-0.05, 0) is 12.8 Å². The van der Waals surface area contributed by atoms with Crippen molar-refractivity contribution >= 4 is 0 Å². The van der Waals surface area contributed by atoms with Crippen LogP contribution in [0, 0.1) is 0 Å². The molecular formula is C9H23N3O3. The fraction of sp³-hybridized carbons (Fsp3) is 1.00. The predicted octanol–water partition coefficient (Wildman–Crippen LogP) is 0.674. The maximum Gasteiger partial charge on any atom is 0.188 e. The third-order valence-corrected chi connectivity index (χ3v) is 1.98. The van der Waals surface area contributed by atoms with Gasteiger partial charge >= 0.3 is 0 Å². The summed E-state index contributed by atoms with van der Waals surface area (Å²) in [5.74, 6) is -0.715. The molecule has 6 heteroatoms. The van der Waals surface area contributed by atoms with Crippen molar-refractivity contribution in [2.24, 2.45) is 0 Å². The predicted molar refractivity (Wildman–Crippen MR) is 57.3 cm³/mol. The zero-order chi connectivity index (χ0) is 11.6. The van der Waals surface area contributed by atoms with Gasteiger partial charge in [0.05, 0.1) is 21.3 Å². The maximum atomic E-state index is 4.91. The van der Waals surface area contributed by atoms with Gasteiger partial charge in [-0.15, -0.1) is 0 Å². The Bertz CT molecular complexity index is 130. The average Bonchev–Trinajstić information content (AvgIpc) is 2.19. The quantitative estimate of drug-likeness (QED) is 0.286. The SMILES string of the molecule is CCCCCC(NOC)(NOC)NOC. The highest BCUT2D eigenvalue weighted by atomic mass is 16.7. The summed E-state index contributed by atoms with van der Waals surface area (Å²) in [4.78, 5) is 14.7. The molecule has 0 fully saturated rings. The van der Waals surface area contributed by atoms with E-state index in [2.05, 4.69) is 23.4 Å². The Morgan fingerprint density at radius 2 is 1.33 bits per heavy atom. The van der Waals surface area contributed by atoms with E-state index < -0.39 is 5.79 Å². The number of unbranched alkanes of at least 4 members (excludes halogenated alkanes) is 2. The minimum absolute atomic E-state index is 0.715. The van der Waals surface area contributed by atoms with Gasteiger partial charge in [0.1, 0.15) is 0 Å². The minimum atomic E-state index is -0.715. The van der Waals surface area contributed by atoms with Crippen molar-refractivity contribution in [3.63, 3.8) is 0 Å². The lowest BCUT2D eigenvalue weighted by Gasteiger charge is -2.33. The highest BCUT2D eigenvalue weighted by molar-refractivity contribution is 4.72. The first kappa shape index (κ1) is 14.8. The molecule has 0 bridgehead atoms. The second-order valence-electron chi connectivity index (χ2n) is 3.28. The van der Waals surface area contributed by atoms with E-state index >= 15 is 0 Å². The molecule has 0 saturated carbocycles. The highest BCUT2D eigenvalue weighted by Crippen LogP contribution is 2.09. The summed E-state index contributed by atoms with van der Waals surface area (Å²) in [5.41, 5.74) is 8.35. The molecule has 0 saturated heterocycles. The summed E-state index contributed by atoms with van der Waals surface area (Å²) in [6.45, 7) is 2.15. The molecular weight excluding hydrogens is 198 g/mol. The maximum absolute atomic E-state index is 4.91. The van der Waals surface area contributed by atoms with Crippen LogP contribution in [0.3, 0.4) is 0 Å². The standard InChI is InChI=1S/C9H23N3O3/c1-5-6-7-8-9(10-13-2,11-14-3)12-15-4/h10-12H,5-8H2,1-4H3. The van der Waals surface area contributed by atoms with Crippen molar-refractivity contribution in [2.45, 2.75) is 38.4 Å². The summed E-state index contributed by atoms with van der Waals surface area (Å²) in [6.07, 6.45) is 4.10. The monoisotopic (exact) mass is 221 g/mol. The number of nitrogens with one attached hydrogen (secondary N) is 3. The highest BCUT2D eigenvalue weighted by Gasteiger charge is 2.29. The molecule has 0 atom stereocenters. The Kier molecular flexibility index (Phi) is 8.88. The zero-order valence-corrected chi connectivity index (χ0v) is 10.1. The van der Waals surface area contributed by atoms with E-state index in [4.69, 9.17) is 14.5 Å². The van der Waals surface area contributed by atoms with Crippen molar-refractivity contribution in [2.75, 3.05) is 21.3 Å². The normalized spacial score (nSPS) is 12.0. The van der Waals surface area contributed by atoms with Gasteiger partial charge in [-0.1, -0.05) is 19.8 Å². The van der Waals surface area contributed by atoms with Gasteiger partial charge in [0.15, 0.2) is 5.79 Å². The Hall–Kier alpha value is -0.240. The summed E-state index contributed by atoms with van der Waals surface area (Å²) in [7, 11) is 4.63. The average molecular weight is 221 g/mol. The van der Waals surface area contributed by atoms with E-state index in [1.165, 1.54) is 0 Å². The van der Waals surface area contributed by atoms with Crippen molar-refractivity contribution < 1.29 is 14.5 Å². The van der Waals surface area contributed by atoms with Gasteiger partial charge in [-0.3, -0.25) is 0 Å². The molecule has 0 amide bonds. The summed E-state index contributed by atoms with van der Waals surface area (Å²) in [6, 6.07) is 0. The Morgan fingerprint density at radius 3 is 1.67 bits per heavy atom. The van der Waals surface area contributed by atoms with Crippen LogP contribution in [0.15, 0.2) is 0 Å². The molecule has 0 aliphatic heterocycles. The molecule has 0 heterocycles. The number of hydrogen-bond donors (Lipinski definition) is 3. The number of hydroxylamine groups is 3. The van der Waals surface area contributed by atoms with Crippen molar-refractivity contribution in [1.29, 1.82) is 0 Å². The van der Waals surface area contributed by atoms with E-state index in [9.17, 15) is 0 Å². The number of hydrogen-bond acceptors (Lipinski definition) is 6. The molecule has 0 aliphatic rings. The van der Waals surface area contributed by atoms with Crippen molar-refractivity contribution in [1.82, 2.24) is 16.4 Å². The lowest BCUT2D eigenvalue weighted by Crippen LogP contribution is -2.65. The first-order valence-corrected chi connectivity index (χ1v) is 5.15. The summed E-state index contributed by atoms with van der Waals surface area (Å²) < 4.78 is 0. The molecule has 15 heavy (non-hydrogen) atoms. The van der Waals surface area contributed by atoms with Crippen molar-refractivity contribution in [3.05, 3.63) is 0 Å². The number of rotatable bonds is 10. The van der Waals surface area contributed by atoms with Crippen LogP contribution in [-0.4, -0.2) is 27.1 Å². The lowest BCUT2D eigenvalue weighted by atomic mass is 10.1. The largest absolute Gasteiger partial charge is 0.302 e. The van der Waals surface area contributed by atoms with E-state index in [1.54, 1.807) is 21.3 Å². The molecule has 92 valence electrons. The Labute approximate surface area is 91.5 Å². The lowest BCUT2D eigenvalue weighted by molar-refractivity contribution is -0.161. The van der Waals surface area contributed by atoms with Crippen LogP contribution in [0.25, 0.3) is 0 Å². The van der Waals surface area contributed by atoms with Gasteiger partial charge in [-0.2, -0.15) is 16.4 Å². The second-order valence-corrected chi connectivity index (χ2v) is 3.28. The Morgan fingerprint density at radius 1 is 0.867 bits per heavy atom. The molecule has 0 rings (SSSR count). The van der Waals surface area contributed by atoms with Gasteiger partial charge in [0, 0.05) is 0 Å². The second kappa shape index (κ2) is 9.02. The first-order valence-electron chi connectivity index (χ1n) is 5.15. The molecule has 0 spiro atoms. The van der Waals surface area contributed by atoms with E-state index in [1.807, 2.05) is 0 Å². The van der Waals surface area contributed by atoms with Gasteiger partial charge < -0.3 is 14.5 Å². The summed E-state index contributed by atoms with van der Waals surface area (Å²) >= 11 is 0. The minimum Gasteiger partial charge on any atom is -0.302 e. The Balaban J connectivity index is 4.18. The first-order chi connectivity index (χ1) is 7.24. The van der Waals surface area contributed by atoms with Crippen LogP contribution in [0.1, 0.15) is 32.6 Å². The van der Waals surface area contributed by atoms with Crippen LogP contribution in [0.2, 0.25) is 0 Å². The molecule has 0 radical (unpaired) electrons. The van der Waals surface area contributed by atoms with Crippen LogP contribution < -0.4 is 16.4 Å². The smallest absolute Gasteiger partial charge is 0.188 e. The zero-order valence-electron chi connectivity index (χ0n) is 10.1. The third kappa shape index (κ3) is 6.03. The third-order valence-electron chi connectivity index (χ3n) is 1.98. The fourth-order valence-electron chi connectivity index (χ4n) is 1.38. The van der Waals surface area contributed by atoms with Crippen LogP contribution in [-0.2, 0) is 14.5 Å². The topological polar surface area (TPSA) is 63.8 Å². The molecule has 0 aromatic rings. The van der Waals surface area contributed by atoms with Crippen LogP contribution in [0.5, 0.6) is 0 Å². The van der Waals surface area contributed by atoms with Gasteiger partial charge in [0.25, 0.3) is 0 Å². The molecule has 0 unspecified atom stereocenters. The molecule has 0 aromatic carbocycles. The van der Waals surface area contributed by atoms with Crippen LogP contribution in [0.4, 0.5) is 0 Å². The van der Waals surface area contributed by atoms with Gasteiger partial charge in [0.2, 0.25) is 0 Å².